The number of allylic oxidation sites excluding steroid dienone is 1. The van der Waals surface area contributed by atoms with Crippen LogP contribution in [0.2, 0.25) is 0 Å². The standard InChI is InChI=1S/C16H21NOS/c1-3-5-9-13-19-16(17-12-6-4-2)14-10-7-8-11-15(14)18/h3-4,7-8,10-11,18H,1-2,5-6,9,12-13H2/b17-16-. The van der Waals surface area contributed by atoms with Crippen molar-refractivity contribution in [3.63, 3.8) is 0 Å². The molecule has 0 fully saturated rings. The van der Waals surface area contributed by atoms with Crippen LogP contribution in [0.1, 0.15) is 24.8 Å². The summed E-state index contributed by atoms with van der Waals surface area (Å²) in [4.78, 5) is 4.56. The van der Waals surface area contributed by atoms with Gasteiger partial charge in [0.25, 0.3) is 0 Å². The summed E-state index contributed by atoms with van der Waals surface area (Å²) >= 11 is 1.69. The van der Waals surface area contributed by atoms with E-state index >= 15 is 0 Å². The Balaban J connectivity index is 2.74. The normalized spacial score (nSPS) is 11.3. The number of aliphatic imine (C=N–C) groups is 1. The van der Waals surface area contributed by atoms with Crippen LogP contribution in [0.15, 0.2) is 54.6 Å². The fraction of sp³-hybridized carbons (Fsp3) is 0.312. The second-order valence-corrected chi connectivity index (χ2v) is 5.14. The van der Waals surface area contributed by atoms with E-state index in [9.17, 15) is 5.11 Å². The molecule has 0 aliphatic carbocycles. The first-order chi connectivity index (χ1) is 9.29. The van der Waals surface area contributed by atoms with Gasteiger partial charge in [0, 0.05) is 12.1 Å². The van der Waals surface area contributed by atoms with Gasteiger partial charge in [-0.3, -0.25) is 4.99 Å². The summed E-state index contributed by atoms with van der Waals surface area (Å²) in [5.74, 6) is 1.27. The molecule has 1 N–H and O–H groups in total. The predicted molar refractivity (Wildman–Crippen MR) is 86.2 cm³/mol. The molecule has 19 heavy (non-hydrogen) atoms. The Morgan fingerprint density at radius 2 is 1.95 bits per heavy atom. The molecule has 0 heterocycles. The van der Waals surface area contributed by atoms with Gasteiger partial charge in [0.05, 0.1) is 0 Å². The number of thioether (sulfide) groups is 1. The number of unbranched alkanes of at least 4 members (excludes halogenated alkanes) is 1. The molecule has 0 aliphatic rings. The molecule has 0 radical (unpaired) electrons. The Morgan fingerprint density at radius 1 is 1.21 bits per heavy atom. The lowest BCUT2D eigenvalue weighted by Crippen LogP contribution is -1.99. The predicted octanol–water partition coefficient (Wildman–Crippen LogP) is 4.41. The first-order valence-electron chi connectivity index (χ1n) is 6.47. The van der Waals surface area contributed by atoms with Gasteiger partial charge in [-0.05, 0) is 37.1 Å². The number of hydrogen-bond donors (Lipinski definition) is 1. The van der Waals surface area contributed by atoms with Crippen molar-refractivity contribution >= 4 is 16.8 Å². The van der Waals surface area contributed by atoms with E-state index in [4.69, 9.17) is 0 Å². The third-order valence-electron chi connectivity index (χ3n) is 2.51. The monoisotopic (exact) mass is 275 g/mol. The lowest BCUT2D eigenvalue weighted by molar-refractivity contribution is 0.474. The number of para-hydroxylation sites is 1. The quantitative estimate of drug-likeness (QED) is 0.330. The lowest BCUT2D eigenvalue weighted by atomic mass is 10.2. The smallest absolute Gasteiger partial charge is 0.125 e. The minimum atomic E-state index is 0.288. The van der Waals surface area contributed by atoms with Gasteiger partial charge in [0.1, 0.15) is 10.8 Å². The molecule has 0 spiro atoms. The van der Waals surface area contributed by atoms with Crippen molar-refractivity contribution < 1.29 is 5.11 Å². The van der Waals surface area contributed by atoms with Crippen molar-refractivity contribution in [3.05, 3.63) is 55.1 Å². The van der Waals surface area contributed by atoms with E-state index in [2.05, 4.69) is 18.2 Å². The van der Waals surface area contributed by atoms with Crippen molar-refractivity contribution in [2.45, 2.75) is 19.3 Å². The highest BCUT2D eigenvalue weighted by Gasteiger charge is 2.08. The van der Waals surface area contributed by atoms with Gasteiger partial charge in [0.2, 0.25) is 0 Å². The summed E-state index contributed by atoms with van der Waals surface area (Å²) in [6, 6.07) is 7.34. The Morgan fingerprint density at radius 3 is 2.63 bits per heavy atom. The summed E-state index contributed by atoms with van der Waals surface area (Å²) in [5, 5.41) is 10.8. The maximum absolute atomic E-state index is 9.91. The SMILES string of the molecule is C=CCCCS/C(=N\CCC=C)c1ccccc1O. The third kappa shape index (κ3) is 5.79. The zero-order chi connectivity index (χ0) is 13.9. The van der Waals surface area contributed by atoms with E-state index in [1.807, 2.05) is 30.4 Å². The molecular formula is C16H21NOS. The Kier molecular flexibility index (Phi) is 7.75. The van der Waals surface area contributed by atoms with Gasteiger partial charge < -0.3 is 5.11 Å². The van der Waals surface area contributed by atoms with E-state index in [1.165, 1.54) is 0 Å². The van der Waals surface area contributed by atoms with Gasteiger partial charge >= 0.3 is 0 Å². The van der Waals surface area contributed by atoms with Crippen LogP contribution in [0, 0.1) is 0 Å². The van der Waals surface area contributed by atoms with Crippen molar-refractivity contribution in [2.75, 3.05) is 12.3 Å². The van der Waals surface area contributed by atoms with Crippen LogP contribution in [0.5, 0.6) is 5.75 Å². The van der Waals surface area contributed by atoms with Crippen LogP contribution >= 0.6 is 11.8 Å². The average Bonchev–Trinajstić information content (AvgIpc) is 2.42. The molecule has 0 amide bonds. The minimum Gasteiger partial charge on any atom is -0.507 e. The van der Waals surface area contributed by atoms with Gasteiger partial charge in [-0.15, -0.1) is 24.9 Å². The number of phenols is 1. The molecule has 1 rings (SSSR count). The van der Waals surface area contributed by atoms with E-state index in [-0.39, 0.29) is 5.75 Å². The zero-order valence-corrected chi connectivity index (χ0v) is 12.0. The summed E-state index contributed by atoms with van der Waals surface area (Å²) in [7, 11) is 0. The molecule has 1 aromatic rings. The van der Waals surface area contributed by atoms with E-state index in [0.29, 0.717) is 6.54 Å². The summed E-state index contributed by atoms with van der Waals surface area (Å²) in [6.07, 6.45) is 6.71. The molecule has 0 saturated heterocycles. The third-order valence-corrected chi connectivity index (χ3v) is 3.63. The molecule has 0 unspecified atom stereocenters. The van der Waals surface area contributed by atoms with Crippen LogP contribution in [0.4, 0.5) is 0 Å². The maximum Gasteiger partial charge on any atom is 0.125 e. The molecule has 0 atom stereocenters. The fourth-order valence-corrected chi connectivity index (χ4v) is 2.53. The Hall–Kier alpha value is -1.48. The summed E-state index contributed by atoms with van der Waals surface area (Å²) in [5.41, 5.74) is 0.815. The molecule has 3 heteroatoms. The number of nitrogens with zero attached hydrogens (tertiary/aromatic N) is 1. The first kappa shape index (κ1) is 15.6. The lowest BCUT2D eigenvalue weighted by Gasteiger charge is -2.08. The fourth-order valence-electron chi connectivity index (χ4n) is 1.52. The van der Waals surface area contributed by atoms with Crippen molar-refractivity contribution in [1.82, 2.24) is 0 Å². The number of phenolic OH excluding ortho intramolecular Hbond substituents is 1. The minimum absolute atomic E-state index is 0.288. The molecule has 0 aromatic heterocycles. The molecule has 0 aliphatic heterocycles. The molecule has 0 saturated carbocycles. The maximum atomic E-state index is 9.91. The second-order valence-electron chi connectivity index (χ2n) is 4.06. The van der Waals surface area contributed by atoms with E-state index < -0.39 is 0 Å². The molecule has 0 bridgehead atoms. The van der Waals surface area contributed by atoms with Crippen molar-refractivity contribution in [2.24, 2.45) is 4.99 Å². The molecular weight excluding hydrogens is 254 g/mol. The van der Waals surface area contributed by atoms with Gasteiger partial charge in [-0.2, -0.15) is 0 Å². The van der Waals surface area contributed by atoms with Gasteiger partial charge in [-0.25, -0.2) is 0 Å². The van der Waals surface area contributed by atoms with E-state index in [0.717, 1.165) is 35.6 Å². The number of hydrogen-bond acceptors (Lipinski definition) is 3. The van der Waals surface area contributed by atoms with Crippen LogP contribution in [0.25, 0.3) is 0 Å². The highest BCUT2D eigenvalue weighted by Crippen LogP contribution is 2.23. The number of aromatic hydroxyl groups is 1. The van der Waals surface area contributed by atoms with Crippen molar-refractivity contribution in [1.29, 1.82) is 0 Å². The Labute approximate surface area is 120 Å². The highest BCUT2D eigenvalue weighted by molar-refractivity contribution is 8.14. The first-order valence-corrected chi connectivity index (χ1v) is 7.45. The molecule has 1 aromatic carbocycles. The van der Waals surface area contributed by atoms with Crippen LogP contribution in [0.3, 0.4) is 0 Å². The summed E-state index contributed by atoms with van der Waals surface area (Å²) < 4.78 is 0. The van der Waals surface area contributed by atoms with Crippen LogP contribution < -0.4 is 0 Å². The van der Waals surface area contributed by atoms with E-state index in [1.54, 1.807) is 17.8 Å². The molecule has 2 nitrogen and oxygen atoms in total. The molecule has 102 valence electrons. The largest absolute Gasteiger partial charge is 0.507 e. The number of rotatable bonds is 8. The van der Waals surface area contributed by atoms with Crippen LogP contribution in [-0.4, -0.2) is 22.4 Å². The highest BCUT2D eigenvalue weighted by atomic mass is 32.2. The van der Waals surface area contributed by atoms with Gasteiger partial charge in [-0.1, -0.05) is 24.3 Å². The topological polar surface area (TPSA) is 32.6 Å². The number of benzene rings is 1. The van der Waals surface area contributed by atoms with Crippen LogP contribution in [-0.2, 0) is 0 Å². The second kappa shape index (κ2) is 9.45. The van der Waals surface area contributed by atoms with Gasteiger partial charge in [0.15, 0.2) is 0 Å². The zero-order valence-electron chi connectivity index (χ0n) is 11.2. The van der Waals surface area contributed by atoms with Crippen molar-refractivity contribution in [3.8, 4) is 5.75 Å². The Bertz CT molecular complexity index is 440. The average molecular weight is 275 g/mol. The summed E-state index contributed by atoms with van der Waals surface area (Å²) in [6.45, 7) is 8.13.